The smallest absolute Gasteiger partial charge is 0.311 e. The van der Waals surface area contributed by atoms with E-state index in [4.69, 9.17) is 14.2 Å². The first-order valence-electron chi connectivity index (χ1n) is 6.57. The van der Waals surface area contributed by atoms with E-state index in [-0.39, 0.29) is 24.3 Å². The van der Waals surface area contributed by atoms with Crippen molar-refractivity contribution in [3.05, 3.63) is 0 Å². The van der Waals surface area contributed by atoms with E-state index in [9.17, 15) is 4.79 Å². The lowest BCUT2D eigenvalue weighted by Crippen LogP contribution is -2.31. The van der Waals surface area contributed by atoms with E-state index in [1.807, 2.05) is 48.5 Å². The maximum atomic E-state index is 11.6. The quantitative estimate of drug-likeness (QED) is 0.660. The Morgan fingerprint density at radius 2 is 1.44 bits per heavy atom. The molecule has 0 N–H and O–H groups in total. The molecule has 0 aliphatic rings. The van der Waals surface area contributed by atoms with Crippen molar-refractivity contribution in [2.45, 2.75) is 66.8 Å². The van der Waals surface area contributed by atoms with E-state index < -0.39 is 5.41 Å². The highest BCUT2D eigenvalue weighted by Gasteiger charge is 2.25. The van der Waals surface area contributed by atoms with Gasteiger partial charge in [-0.25, -0.2) is 0 Å². The van der Waals surface area contributed by atoms with Gasteiger partial charge in [0.05, 0.1) is 30.8 Å². The predicted molar refractivity (Wildman–Crippen MR) is 71.5 cm³/mol. The summed E-state index contributed by atoms with van der Waals surface area (Å²) < 4.78 is 16.3. The topological polar surface area (TPSA) is 44.8 Å². The van der Waals surface area contributed by atoms with Gasteiger partial charge in [-0.05, 0) is 48.5 Å². The summed E-state index contributed by atoms with van der Waals surface area (Å²) in [6.45, 7) is 14.2. The lowest BCUT2D eigenvalue weighted by molar-refractivity contribution is -0.162. The first-order valence-corrected chi connectivity index (χ1v) is 6.57. The number of hydrogen-bond acceptors (Lipinski definition) is 4. The number of carbonyl (C=O) groups is 1. The Bertz CT molecular complexity index is 243. The van der Waals surface area contributed by atoms with Gasteiger partial charge < -0.3 is 14.2 Å². The maximum Gasteiger partial charge on any atom is 0.311 e. The summed E-state index contributed by atoms with van der Waals surface area (Å²) in [7, 11) is 0. The average molecular weight is 260 g/mol. The van der Waals surface area contributed by atoms with Gasteiger partial charge in [-0.1, -0.05) is 0 Å². The second-order valence-corrected chi connectivity index (χ2v) is 5.99. The summed E-state index contributed by atoms with van der Waals surface area (Å²) in [5.74, 6) is -0.204. The molecule has 2 unspecified atom stereocenters. The zero-order chi connectivity index (χ0) is 14.3. The Morgan fingerprint density at radius 3 is 1.89 bits per heavy atom. The van der Waals surface area contributed by atoms with Crippen molar-refractivity contribution in [1.82, 2.24) is 0 Å². The first-order chi connectivity index (χ1) is 8.12. The summed E-state index contributed by atoms with van der Waals surface area (Å²) in [5, 5.41) is 0. The fourth-order valence-corrected chi connectivity index (χ4v) is 1.07. The highest BCUT2D eigenvalue weighted by Crippen LogP contribution is 2.16. The van der Waals surface area contributed by atoms with Crippen molar-refractivity contribution < 1.29 is 19.0 Å². The van der Waals surface area contributed by atoms with Crippen LogP contribution in [0.3, 0.4) is 0 Å². The third-order valence-corrected chi connectivity index (χ3v) is 2.20. The van der Waals surface area contributed by atoms with E-state index >= 15 is 0 Å². The summed E-state index contributed by atoms with van der Waals surface area (Å²) in [5.41, 5.74) is -0.472. The van der Waals surface area contributed by atoms with Crippen LogP contribution < -0.4 is 0 Å². The summed E-state index contributed by atoms with van der Waals surface area (Å²) in [6, 6.07) is 0. The van der Waals surface area contributed by atoms with Gasteiger partial charge >= 0.3 is 5.97 Å². The van der Waals surface area contributed by atoms with Gasteiger partial charge in [-0.2, -0.15) is 0 Å². The molecule has 0 saturated carbocycles. The second kappa shape index (κ2) is 7.74. The van der Waals surface area contributed by atoms with E-state index in [2.05, 4.69) is 0 Å². The largest absolute Gasteiger partial charge is 0.460 e. The monoisotopic (exact) mass is 260 g/mol. The molecule has 0 aliphatic carbocycles. The molecule has 0 heterocycles. The fourth-order valence-electron chi connectivity index (χ4n) is 1.07. The number of rotatable bonds is 7. The molecule has 0 bridgehead atoms. The third-order valence-electron chi connectivity index (χ3n) is 2.20. The SMILES string of the molecule is CC(C)OCC(C)OCC(C)OC(=O)C(C)(C)C. The van der Waals surface area contributed by atoms with Crippen LogP contribution in [0.25, 0.3) is 0 Å². The van der Waals surface area contributed by atoms with Crippen LogP contribution in [-0.2, 0) is 19.0 Å². The summed E-state index contributed by atoms with van der Waals surface area (Å²) in [4.78, 5) is 11.6. The number of esters is 1. The zero-order valence-electron chi connectivity index (χ0n) is 12.8. The van der Waals surface area contributed by atoms with E-state index in [0.717, 1.165) is 0 Å². The predicted octanol–water partition coefficient (Wildman–Crippen LogP) is 2.79. The number of hydrogen-bond donors (Lipinski definition) is 0. The molecule has 0 aliphatic heterocycles. The molecule has 108 valence electrons. The lowest BCUT2D eigenvalue weighted by Gasteiger charge is -2.22. The molecule has 0 aromatic rings. The molecule has 0 aromatic heterocycles. The Balaban J connectivity index is 3.83. The molecule has 2 atom stereocenters. The van der Waals surface area contributed by atoms with Gasteiger partial charge in [0.2, 0.25) is 0 Å². The van der Waals surface area contributed by atoms with Crippen molar-refractivity contribution >= 4 is 5.97 Å². The third kappa shape index (κ3) is 8.48. The summed E-state index contributed by atoms with van der Waals surface area (Å²) in [6.07, 6.45) is -0.0337. The van der Waals surface area contributed by atoms with Crippen LogP contribution in [0.15, 0.2) is 0 Å². The second-order valence-electron chi connectivity index (χ2n) is 5.99. The van der Waals surface area contributed by atoms with Crippen molar-refractivity contribution in [1.29, 1.82) is 0 Å². The van der Waals surface area contributed by atoms with Crippen LogP contribution in [0.1, 0.15) is 48.5 Å². The van der Waals surface area contributed by atoms with E-state index in [1.165, 1.54) is 0 Å². The molecule has 0 spiro atoms. The van der Waals surface area contributed by atoms with Crippen LogP contribution >= 0.6 is 0 Å². The van der Waals surface area contributed by atoms with E-state index in [1.54, 1.807) is 0 Å². The fraction of sp³-hybridized carbons (Fsp3) is 0.929. The molecular weight excluding hydrogens is 232 g/mol. The molecule has 0 amide bonds. The highest BCUT2D eigenvalue weighted by atomic mass is 16.6. The maximum absolute atomic E-state index is 11.6. The Hall–Kier alpha value is -0.610. The van der Waals surface area contributed by atoms with Crippen molar-refractivity contribution in [3.8, 4) is 0 Å². The van der Waals surface area contributed by atoms with Gasteiger partial charge in [-0.3, -0.25) is 4.79 Å². The van der Waals surface area contributed by atoms with Crippen LogP contribution in [-0.4, -0.2) is 37.5 Å². The van der Waals surface area contributed by atoms with E-state index in [0.29, 0.717) is 13.2 Å². The standard InChI is InChI=1S/C14H28O4/c1-10(2)16-8-11(3)17-9-12(4)18-13(15)14(5,6)7/h10-12H,8-9H2,1-7H3. The minimum absolute atomic E-state index is 0.00295. The molecule has 0 aromatic carbocycles. The zero-order valence-corrected chi connectivity index (χ0v) is 12.8. The minimum atomic E-state index is -0.472. The Morgan fingerprint density at radius 1 is 0.944 bits per heavy atom. The van der Waals surface area contributed by atoms with Crippen LogP contribution in [0, 0.1) is 5.41 Å². The minimum Gasteiger partial charge on any atom is -0.460 e. The molecule has 18 heavy (non-hydrogen) atoms. The Kier molecular flexibility index (Phi) is 7.48. The normalized spacial score (nSPS) is 15.6. The van der Waals surface area contributed by atoms with Crippen LogP contribution in [0.4, 0.5) is 0 Å². The van der Waals surface area contributed by atoms with Gasteiger partial charge in [0.25, 0.3) is 0 Å². The van der Waals surface area contributed by atoms with Crippen LogP contribution in [0.5, 0.6) is 0 Å². The molecule has 4 nitrogen and oxygen atoms in total. The Labute approximate surface area is 111 Å². The highest BCUT2D eigenvalue weighted by molar-refractivity contribution is 5.75. The van der Waals surface area contributed by atoms with Crippen molar-refractivity contribution in [2.75, 3.05) is 13.2 Å². The molecule has 0 radical (unpaired) electrons. The summed E-state index contributed by atoms with van der Waals surface area (Å²) >= 11 is 0. The van der Waals surface area contributed by atoms with Crippen LogP contribution in [0.2, 0.25) is 0 Å². The molecule has 0 rings (SSSR count). The van der Waals surface area contributed by atoms with Gasteiger partial charge in [0, 0.05) is 0 Å². The molecular formula is C14H28O4. The average Bonchev–Trinajstić information content (AvgIpc) is 2.22. The number of carbonyl (C=O) groups excluding carboxylic acids is 1. The molecule has 0 saturated heterocycles. The molecule has 0 fully saturated rings. The van der Waals surface area contributed by atoms with Gasteiger partial charge in [0.15, 0.2) is 0 Å². The molecule has 4 heteroatoms. The van der Waals surface area contributed by atoms with Crippen molar-refractivity contribution in [2.24, 2.45) is 5.41 Å². The van der Waals surface area contributed by atoms with Gasteiger partial charge in [-0.15, -0.1) is 0 Å². The number of ether oxygens (including phenoxy) is 3. The van der Waals surface area contributed by atoms with Gasteiger partial charge in [0.1, 0.15) is 6.10 Å². The van der Waals surface area contributed by atoms with Crippen molar-refractivity contribution in [3.63, 3.8) is 0 Å². The lowest BCUT2D eigenvalue weighted by atomic mass is 9.97. The first kappa shape index (κ1) is 17.4.